The molecule has 160 valence electrons. The Balaban J connectivity index is 1.92. The number of nitrogens with zero attached hydrogens (tertiary/aromatic N) is 2. The second-order valence-corrected chi connectivity index (χ2v) is 9.04. The van der Waals surface area contributed by atoms with Crippen molar-refractivity contribution in [3.63, 3.8) is 0 Å². The van der Waals surface area contributed by atoms with Crippen molar-refractivity contribution in [2.75, 3.05) is 13.7 Å². The maximum Gasteiger partial charge on any atom is 0.338 e. The normalized spacial score (nSPS) is 16.1. The van der Waals surface area contributed by atoms with E-state index in [4.69, 9.17) is 9.47 Å². The van der Waals surface area contributed by atoms with Gasteiger partial charge in [0.1, 0.15) is 11.8 Å². The second-order valence-electron chi connectivity index (χ2n) is 7.05. The Labute approximate surface area is 187 Å². The molecule has 3 heterocycles. The maximum absolute atomic E-state index is 13.5. The van der Waals surface area contributed by atoms with Gasteiger partial charge in [0, 0.05) is 4.88 Å². The first-order chi connectivity index (χ1) is 14.9. The van der Waals surface area contributed by atoms with Gasteiger partial charge in [0.2, 0.25) is 0 Å². The van der Waals surface area contributed by atoms with Crippen LogP contribution in [0.5, 0.6) is 5.75 Å². The number of carbonyl (C=O) groups is 1. The number of thiazole rings is 1. The van der Waals surface area contributed by atoms with E-state index in [0.29, 0.717) is 20.6 Å². The summed E-state index contributed by atoms with van der Waals surface area (Å²) in [6.45, 7) is 5.78. The predicted molar refractivity (Wildman–Crippen MR) is 122 cm³/mol. The lowest BCUT2D eigenvalue weighted by Gasteiger charge is -2.23. The van der Waals surface area contributed by atoms with E-state index in [1.54, 1.807) is 25.5 Å². The van der Waals surface area contributed by atoms with Gasteiger partial charge in [0.25, 0.3) is 5.56 Å². The zero-order chi connectivity index (χ0) is 22.1. The average Bonchev–Trinajstić information content (AvgIpc) is 3.37. The quantitative estimate of drug-likeness (QED) is 0.556. The molecule has 0 bridgehead atoms. The van der Waals surface area contributed by atoms with Gasteiger partial charge in [-0.15, -0.1) is 11.3 Å². The van der Waals surface area contributed by atoms with E-state index < -0.39 is 12.0 Å². The summed E-state index contributed by atoms with van der Waals surface area (Å²) >= 11 is 2.81. The number of esters is 1. The fourth-order valence-corrected chi connectivity index (χ4v) is 5.46. The summed E-state index contributed by atoms with van der Waals surface area (Å²) in [5, 5.41) is 1.93. The van der Waals surface area contributed by atoms with Gasteiger partial charge in [0.15, 0.2) is 4.80 Å². The lowest BCUT2D eigenvalue weighted by Crippen LogP contribution is -2.39. The van der Waals surface area contributed by atoms with E-state index in [2.05, 4.69) is 4.99 Å². The topological polar surface area (TPSA) is 69.9 Å². The molecule has 0 N–H and O–H groups in total. The number of allylic oxidation sites excluding steroid dienone is 1. The van der Waals surface area contributed by atoms with Crippen LogP contribution in [0.25, 0.3) is 6.08 Å². The highest BCUT2D eigenvalue weighted by Crippen LogP contribution is 2.33. The molecule has 3 aromatic rings. The first-order valence-corrected chi connectivity index (χ1v) is 11.5. The van der Waals surface area contributed by atoms with E-state index in [0.717, 1.165) is 21.8 Å². The molecular formula is C23H22N2O4S2. The fraction of sp³-hybridized carbons (Fsp3) is 0.261. The number of hydrogen-bond donors (Lipinski definition) is 0. The summed E-state index contributed by atoms with van der Waals surface area (Å²) in [6.07, 6.45) is 1.83. The molecule has 0 spiro atoms. The lowest BCUT2D eigenvalue weighted by molar-refractivity contribution is -0.139. The van der Waals surface area contributed by atoms with E-state index >= 15 is 0 Å². The van der Waals surface area contributed by atoms with Crippen molar-refractivity contribution in [2.45, 2.75) is 26.8 Å². The summed E-state index contributed by atoms with van der Waals surface area (Å²) in [5.41, 5.74) is 2.67. The summed E-state index contributed by atoms with van der Waals surface area (Å²) < 4.78 is 12.8. The van der Waals surface area contributed by atoms with Gasteiger partial charge >= 0.3 is 5.97 Å². The van der Waals surface area contributed by atoms with Crippen LogP contribution in [0.4, 0.5) is 0 Å². The first kappa shape index (κ1) is 21.3. The molecule has 8 heteroatoms. The highest BCUT2D eigenvalue weighted by Gasteiger charge is 2.33. The third-order valence-corrected chi connectivity index (χ3v) is 6.97. The molecule has 1 atom stereocenters. The van der Waals surface area contributed by atoms with Crippen molar-refractivity contribution < 1.29 is 14.3 Å². The SMILES string of the molecule is CCOC(=O)C1=C(C)N=c2sc(=Cc3ccc(C)c(OC)c3)c(=O)n2C1c1cccs1. The standard InChI is InChI=1S/C23H22N2O4S2/c1-5-29-22(27)19-14(3)24-23-25(20(19)17-7-6-10-30-17)21(26)18(31-23)12-15-9-8-13(2)16(11-15)28-4/h6-12,20H,5H2,1-4H3. The minimum Gasteiger partial charge on any atom is -0.496 e. The first-order valence-electron chi connectivity index (χ1n) is 9.82. The Morgan fingerprint density at radius 1 is 1.29 bits per heavy atom. The van der Waals surface area contributed by atoms with E-state index in [1.807, 2.05) is 48.7 Å². The average molecular weight is 455 g/mol. The van der Waals surface area contributed by atoms with Gasteiger partial charge in [-0.25, -0.2) is 9.79 Å². The van der Waals surface area contributed by atoms with Crippen LogP contribution in [0, 0.1) is 6.92 Å². The Bertz CT molecular complexity index is 1350. The molecule has 31 heavy (non-hydrogen) atoms. The van der Waals surface area contributed by atoms with Crippen molar-refractivity contribution in [3.8, 4) is 5.75 Å². The molecular weight excluding hydrogens is 432 g/mol. The number of aromatic nitrogens is 1. The summed E-state index contributed by atoms with van der Waals surface area (Å²) in [4.78, 5) is 32.3. The van der Waals surface area contributed by atoms with Crippen LogP contribution in [0.15, 0.2) is 56.8 Å². The molecule has 0 radical (unpaired) electrons. The molecule has 1 unspecified atom stereocenters. The molecule has 0 saturated carbocycles. The molecule has 4 rings (SSSR count). The minimum atomic E-state index is -0.551. The van der Waals surface area contributed by atoms with Crippen molar-refractivity contribution >= 4 is 34.7 Å². The van der Waals surface area contributed by atoms with Crippen molar-refractivity contribution in [3.05, 3.63) is 82.7 Å². The fourth-order valence-electron chi connectivity index (χ4n) is 3.59. The van der Waals surface area contributed by atoms with E-state index in [-0.39, 0.29) is 12.2 Å². The third kappa shape index (κ3) is 3.88. The Kier molecular flexibility index (Phi) is 5.93. The molecule has 6 nitrogen and oxygen atoms in total. The smallest absolute Gasteiger partial charge is 0.338 e. The van der Waals surface area contributed by atoms with E-state index in [9.17, 15) is 9.59 Å². The van der Waals surface area contributed by atoms with Crippen LogP contribution in [0.1, 0.15) is 35.9 Å². The number of methoxy groups -OCH3 is 1. The molecule has 0 fully saturated rings. The number of hydrogen-bond acceptors (Lipinski definition) is 7. The zero-order valence-electron chi connectivity index (χ0n) is 17.7. The summed E-state index contributed by atoms with van der Waals surface area (Å²) in [7, 11) is 1.63. The van der Waals surface area contributed by atoms with Crippen LogP contribution in [-0.4, -0.2) is 24.3 Å². The van der Waals surface area contributed by atoms with Gasteiger partial charge in [-0.2, -0.15) is 0 Å². The van der Waals surface area contributed by atoms with Gasteiger partial charge in [-0.1, -0.05) is 29.5 Å². The number of rotatable bonds is 5. The highest BCUT2D eigenvalue weighted by atomic mass is 32.1. The zero-order valence-corrected chi connectivity index (χ0v) is 19.3. The maximum atomic E-state index is 13.5. The molecule has 0 aliphatic carbocycles. The number of thiophene rings is 1. The van der Waals surface area contributed by atoms with E-state index in [1.165, 1.54) is 22.7 Å². The summed E-state index contributed by atoms with van der Waals surface area (Å²) in [6, 6.07) is 9.09. The van der Waals surface area contributed by atoms with Gasteiger partial charge in [-0.3, -0.25) is 9.36 Å². The molecule has 1 aromatic carbocycles. The van der Waals surface area contributed by atoms with Crippen LogP contribution >= 0.6 is 22.7 Å². The summed E-state index contributed by atoms with van der Waals surface area (Å²) in [5.74, 6) is 0.318. The number of ether oxygens (including phenoxy) is 2. The molecule has 1 aliphatic rings. The molecule has 0 saturated heterocycles. The minimum absolute atomic E-state index is 0.184. The number of aryl methyl sites for hydroxylation is 1. The van der Waals surface area contributed by atoms with Crippen LogP contribution in [-0.2, 0) is 9.53 Å². The molecule has 1 aliphatic heterocycles. The van der Waals surface area contributed by atoms with Gasteiger partial charge in [0.05, 0.1) is 29.5 Å². The Morgan fingerprint density at radius 2 is 2.10 bits per heavy atom. The third-order valence-electron chi connectivity index (χ3n) is 5.06. The van der Waals surface area contributed by atoms with Crippen LogP contribution in [0.3, 0.4) is 0 Å². The molecule has 0 amide bonds. The monoisotopic (exact) mass is 454 g/mol. The number of carbonyl (C=O) groups excluding carboxylic acids is 1. The largest absolute Gasteiger partial charge is 0.496 e. The highest BCUT2D eigenvalue weighted by molar-refractivity contribution is 7.10. The van der Waals surface area contributed by atoms with Gasteiger partial charge < -0.3 is 9.47 Å². The van der Waals surface area contributed by atoms with Crippen molar-refractivity contribution in [2.24, 2.45) is 4.99 Å². The Hall–Kier alpha value is -2.97. The number of benzene rings is 1. The number of fused-ring (bicyclic) bond motifs is 1. The second kappa shape index (κ2) is 8.64. The van der Waals surface area contributed by atoms with Gasteiger partial charge in [-0.05, 0) is 55.5 Å². The van der Waals surface area contributed by atoms with Crippen molar-refractivity contribution in [1.29, 1.82) is 0 Å². The predicted octanol–water partition coefficient (Wildman–Crippen LogP) is 3.18. The van der Waals surface area contributed by atoms with Crippen molar-refractivity contribution in [1.82, 2.24) is 4.57 Å². The molecule has 2 aromatic heterocycles. The lowest BCUT2D eigenvalue weighted by atomic mass is 10.0. The van der Waals surface area contributed by atoms with Crippen LogP contribution < -0.4 is 19.6 Å². The van der Waals surface area contributed by atoms with Crippen LogP contribution in [0.2, 0.25) is 0 Å². The Morgan fingerprint density at radius 3 is 2.77 bits per heavy atom.